The first-order valence-corrected chi connectivity index (χ1v) is 17.5. The lowest BCUT2D eigenvalue weighted by atomic mass is 9.90. The number of nitrogens with one attached hydrogen (secondary N) is 3. The van der Waals surface area contributed by atoms with Crippen molar-refractivity contribution in [2.24, 2.45) is 11.8 Å². The standard InChI is InChI=1S/C34H54N4O5S/c1-7-10-11-12-14-25(13-8-2)21-26-15-17-27(18-16-26)36-32(41)24(6)35-33(42)31(23(4)5)37-29(39)19-20-38-30(40)22-28(34(38)43)44-9-3/h15-18,23-25,28,31H,7-14,19-22H2,1-6H3,(H,35,42)(H,36,41)(H,37,39)/t24-,25?,28?,31?/m0/s1. The number of carbonyl (C=O) groups is 5. The number of hydrogen-bond donors (Lipinski definition) is 3. The van der Waals surface area contributed by atoms with Crippen LogP contribution in [0.3, 0.4) is 0 Å². The van der Waals surface area contributed by atoms with E-state index < -0.39 is 29.1 Å². The molecule has 9 nitrogen and oxygen atoms in total. The van der Waals surface area contributed by atoms with Crippen LogP contribution in [0.15, 0.2) is 24.3 Å². The van der Waals surface area contributed by atoms with Gasteiger partial charge in [-0.3, -0.25) is 28.9 Å². The van der Waals surface area contributed by atoms with Crippen LogP contribution in [0.5, 0.6) is 0 Å². The van der Waals surface area contributed by atoms with E-state index in [0.717, 1.165) is 17.1 Å². The molecule has 5 amide bonds. The van der Waals surface area contributed by atoms with E-state index in [9.17, 15) is 24.0 Å². The van der Waals surface area contributed by atoms with E-state index in [1.165, 1.54) is 62.3 Å². The van der Waals surface area contributed by atoms with E-state index in [0.29, 0.717) is 11.6 Å². The van der Waals surface area contributed by atoms with Crippen LogP contribution in [0.1, 0.15) is 105 Å². The Balaban J connectivity index is 1.86. The van der Waals surface area contributed by atoms with Crippen LogP contribution in [0, 0.1) is 11.8 Å². The Hall–Kier alpha value is -2.88. The average molecular weight is 631 g/mol. The number of rotatable bonds is 20. The number of imide groups is 1. The Bertz CT molecular complexity index is 1090. The molecule has 0 spiro atoms. The van der Waals surface area contributed by atoms with Crippen molar-refractivity contribution in [3.05, 3.63) is 29.8 Å². The molecule has 0 aliphatic carbocycles. The van der Waals surface area contributed by atoms with Crippen molar-refractivity contribution in [2.45, 2.75) is 123 Å². The molecule has 1 aromatic carbocycles. The summed E-state index contributed by atoms with van der Waals surface area (Å²) in [5.41, 5.74) is 1.92. The van der Waals surface area contributed by atoms with Gasteiger partial charge in [-0.1, -0.05) is 91.7 Å². The Morgan fingerprint density at radius 3 is 2.23 bits per heavy atom. The van der Waals surface area contributed by atoms with Gasteiger partial charge < -0.3 is 16.0 Å². The summed E-state index contributed by atoms with van der Waals surface area (Å²) in [6.07, 6.45) is 9.84. The lowest BCUT2D eigenvalue weighted by Gasteiger charge is -2.24. The number of thioether (sulfide) groups is 1. The number of amides is 5. The monoisotopic (exact) mass is 630 g/mol. The predicted molar refractivity (Wildman–Crippen MR) is 178 cm³/mol. The van der Waals surface area contributed by atoms with Crippen LogP contribution in [-0.2, 0) is 30.4 Å². The molecule has 0 saturated carbocycles. The minimum Gasteiger partial charge on any atom is -0.344 e. The Kier molecular flexibility index (Phi) is 16.5. The van der Waals surface area contributed by atoms with Gasteiger partial charge in [0.25, 0.3) is 0 Å². The predicted octanol–water partition coefficient (Wildman–Crippen LogP) is 5.47. The number of carbonyl (C=O) groups excluding carboxylic acids is 5. The fraction of sp³-hybridized carbons (Fsp3) is 0.676. The number of anilines is 1. The molecule has 3 N–H and O–H groups in total. The van der Waals surface area contributed by atoms with E-state index in [-0.39, 0.29) is 43.0 Å². The summed E-state index contributed by atoms with van der Waals surface area (Å²) in [7, 11) is 0. The number of benzene rings is 1. The highest BCUT2D eigenvalue weighted by Gasteiger charge is 2.38. The average Bonchev–Trinajstić information content (AvgIpc) is 3.25. The molecule has 3 unspecified atom stereocenters. The van der Waals surface area contributed by atoms with Gasteiger partial charge in [-0.15, -0.1) is 11.8 Å². The maximum Gasteiger partial charge on any atom is 0.246 e. The molecular weight excluding hydrogens is 576 g/mol. The first-order valence-electron chi connectivity index (χ1n) is 16.5. The number of likely N-dealkylation sites (tertiary alicyclic amines) is 1. The van der Waals surface area contributed by atoms with Crippen LogP contribution < -0.4 is 16.0 Å². The molecule has 1 aliphatic rings. The molecule has 1 heterocycles. The fourth-order valence-corrected chi connectivity index (χ4v) is 6.44. The molecule has 1 aliphatic heterocycles. The Morgan fingerprint density at radius 2 is 1.61 bits per heavy atom. The van der Waals surface area contributed by atoms with Gasteiger partial charge >= 0.3 is 0 Å². The van der Waals surface area contributed by atoms with Crippen molar-refractivity contribution >= 4 is 47.0 Å². The summed E-state index contributed by atoms with van der Waals surface area (Å²) >= 11 is 1.42. The van der Waals surface area contributed by atoms with Crippen LogP contribution >= 0.6 is 11.8 Å². The lowest BCUT2D eigenvalue weighted by molar-refractivity contribution is -0.139. The molecule has 0 aromatic heterocycles. The van der Waals surface area contributed by atoms with Gasteiger partial charge in [-0.05, 0) is 48.6 Å². The zero-order chi connectivity index (χ0) is 32.6. The second-order valence-electron chi connectivity index (χ2n) is 12.2. The second kappa shape index (κ2) is 19.5. The van der Waals surface area contributed by atoms with Gasteiger partial charge in [-0.25, -0.2) is 0 Å². The Morgan fingerprint density at radius 1 is 0.909 bits per heavy atom. The highest BCUT2D eigenvalue weighted by atomic mass is 32.2. The van der Waals surface area contributed by atoms with Crippen molar-refractivity contribution in [1.29, 1.82) is 0 Å². The smallest absolute Gasteiger partial charge is 0.246 e. The minimum absolute atomic E-state index is 0.0213. The molecule has 4 atom stereocenters. The molecule has 246 valence electrons. The second-order valence-corrected chi connectivity index (χ2v) is 13.7. The van der Waals surface area contributed by atoms with E-state index in [4.69, 9.17) is 0 Å². The summed E-state index contributed by atoms with van der Waals surface area (Å²) in [5, 5.41) is 7.90. The van der Waals surface area contributed by atoms with Gasteiger partial charge in [0.1, 0.15) is 12.1 Å². The zero-order valence-corrected chi connectivity index (χ0v) is 28.4. The van der Waals surface area contributed by atoms with Crippen molar-refractivity contribution < 1.29 is 24.0 Å². The molecule has 0 bridgehead atoms. The van der Waals surface area contributed by atoms with Gasteiger partial charge in [0, 0.05) is 25.1 Å². The molecule has 0 radical (unpaired) electrons. The number of nitrogens with zero attached hydrogens (tertiary/aromatic N) is 1. The fourth-order valence-electron chi connectivity index (χ4n) is 5.51. The summed E-state index contributed by atoms with van der Waals surface area (Å²) in [5.74, 6) is -0.656. The highest BCUT2D eigenvalue weighted by molar-refractivity contribution is 8.00. The summed E-state index contributed by atoms with van der Waals surface area (Å²) in [4.78, 5) is 64.4. The summed E-state index contributed by atoms with van der Waals surface area (Å²) in [6, 6.07) is 6.22. The van der Waals surface area contributed by atoms with Crippen LogP contribution in [0.25, 0.3) is 0 Å². The first kappa shape index (κ1) is 37.3. The quantitative estimate of drug-likeness (QED) is 0.130. The minimum atomic E-state index is -0.872. The van der Waals surface area contributed by atoms with Crippen molar-refractivity contribution in [3.8, 4) is 0 Å². The van der Waals surface area contributed by atoms with Crippen molar-refractivity contribution in [2.75, 3.05) is 17.6 Å². The van der Waals surface area contributed by atoms with Crippen LogP contribution in [-0.4, -0.2) is 64.1 Å². The van der Waals surface area contributed by atoms with Gasteiger partial charge in [-0.2, -0.15) is 0 Å². The lowest BCUT2D eigenvalue weighted by Crippen LogP contribution is -2.54. The van der Waals surface area contributed by atoms with Gasteiger partial charge in [0.05, 0.1) is 5.25 Å². The van der Waals surface area contributed by atoms with E-state index >= 15 is 0 Å². The third kappa shape index (κ3) is 12.3. The molecule has 1 aromatic rings. The maximum atomic E-state index is 13.1. The van der Waals surface area contributed by atoms with E-state index in [1.807, 2.05) is 19.1 Å². The third-order valence-electron chi connectivity index (χ3n) is 8.06. The molecule has 1 fully saturated rings. The van der Waals surface area contributed by atoms with Gasteiger partial charge in [0.2, 0.25) is 29.5 Å². The van der Waals surface area contributed by atoms with Crippen LogP contribution in [0.4, 0.5) is 5.69 Å². The normalized spacial score (nSPS) is 17.0. The SMILES string of the molecule is CCCCCCC(CCC)Cc1ccc(NC(=O)[C@H](C)NC(=O)C(NC(=O)CCN2C(=O)CC(SCC)C2=O)C(C)C)cc1. The summed E-state index contributed by atoms with van der Waals surface area (Å²) in [6.45, 7) is 11.6. The molecule has 2 rings (SSSR count). The zero-order valence-electron chi connectivity index (χ0n) is 27.6. The van der Waals surface area contributed by atoms with E-state index in [1.54, 1.807) is 20.8 Å². The van der Waals surface area contributed by atoms with E-state index in [2.05, 4.69) is 41.9 Å². The summed E-state index contributed by atoms with van der Waals surface area (Å²) < 4.78 is 0. The largest absolute Gasteiger partial charge is 0.344 e. The van der Waals surface area contributed by atoms with Crippen molar-refractivity contribution in [3.63, 3.8) is 0 Å². The molecule has 10 heteroatoms. The first-order chi connectivity index (χ1) is 21.0. The Labute approximate surface area is 268 Å². The molecule has 1 saturated heterocycles. The highest BCUT2D eigenvalue weighted by Crippen LogP contribution is 2.25. The van der Waals surface area contributed by atoms with Crippen LogP contribution in [0.2, 0.25) is 0 Å². The number of unbranched alkanes of at least 4 members (excludes halogenated alkanes) is 3. The third-order valence-corrected chi connectivity index (χ3v) is 9.16. The number of hydrogen-bond acceptors (Lipinski definition) is 6. The van der Waals surface area contributed by atoms with Gasteiger partial charge in [0.15, 0.2) is 0 Å². The molecule has 44 heavy (non-hydrogen) atoms. The molecular formula is C34H54N4O5S. The van der Waals surface area contributed by atoms with Crippen molar-refractivity contribution in [1.82, 2.24) is 15.5 Å². The maximum absolute atomic E-state index is 13.1. The topological polar surface area (TPSA) is 125 Å².